The summed E-state index contributed by atoms with van der Waals surface area (Å²) in [5, 5.41) is 6.11. The van der Waals surface area contributed by atoms with Crippen molar-refractivity contribution in [3.05, 3.63) is 29.6 Å². The molecule has 100 valence electrons. The minimum Gasteiger partial charge on any atom is -0.380 e. The first kappa shape index (κ1) is 13.1. The predicted molar refractivity (Wildman–Crippen MR) is 60.9 cm³/mol. The molecule has 2 nitrogen and oxygen atoms in total. The molecule has 1 heterocycles. The van der Waals surface area contributed by atoms with Gasteiger partial charge in [-0.15, -0.1) is 0 Å². The van der Waals surface area contributed by atoms with Crippen molar-refractivity contribution in [3.8, 4) is 0 Å². The summed E-state index contributed by atoms with van der Waals surface area (Å²) in [4.78, 5) is 0. The minimum atomic E-state index is -4.51. The fourth-order valence-electron chi connectivity index (χ4n) is 1.99. The van der Waals surface area contributed by atoms with E-state index in [1.165, 1.54) is 0 Å². The van der Waals surface area contributed by atoms with Crippen LogP contribution in [0.4, 0.5) is 23.2 Å². The Balaban J connectivity index is 2.09. The molecule has 0 spiro atoms. The van der Waals surface area contributed by atoms with Crippen molar-refractivity contribution in [2.24, 2.45) is 0 Å². The van der Waals surface area contributed by atoms with Gasteiger partial charge in [-0.3, -0.25) is 0 Å². The monoisotopic (exact) mass is 262 g/mol. The molecule has 1 aromatic rings. The van der Waals surface area contributed by atoms with E-state index < -0.39 is 17.6 Å². The second kappa shape index (κ2) is 5.14. The number of hydrogen-bond donors (Lipinski definition) is 2. The van der Waals surface area contributed by atoms with Crippen molar-refractivity contribution in [1.29, 1.82) is 0 Å². The molecule has 0 amide bonds. The lowest BCUT2D eigenvalue weighted by atomic mass is 10.1. The van der Waals surface area contributed by atoms with Crippen molar-refractivity contribution in [2.75, 3.05) is 18.4 Å². The Hall–Kier alpha value is -1.30. The normalized spacial score (nSPS) is 17.8. The molecule has 0 aromatic heterocycles. The molecule has 2 rings (SSSR count). The van der Waals surface area contributed by atoms with E-state index in [9.17, 15) is 17.6 Å². The van der Waals surface area contributed by atoms with Gasteiger partial charge < -0.3 is 10.6 Å². The first-order valence-electron chi connectivity index (χ1n) is 5.81. The van der Waals surface area contributed by atoms with Crippen LogP contribution in [0.25, 0.3) is 0 Å². The molecule has 1 aliphatic rings. The summed E-state index contributed by atoms with van der Waals surface area (Å²) in [5.41, 5.74) is -0.828. The quantitative estimate of drug-likeness (QED) is 0.801. The standard InChI is InChI=1S/C12H14F4N2/c13-10-7-8(12(14,15)16)1-2-11(10)18-9-3-5-17-6-4-9/h1-2,7,9,17-18H,3-6H2. The second-order valence-electron chi connectivity index (χ2n) is 4.36. The maximum atomic E-state index is 13.6. The lowest BCUT2D eigenvalue weighted by Crippen LogP contribution is -2.35. The van der Waals surface area contributed by atoms with Crippen molar-refractivity contribution >= 4 is 5.69 Å². The van der Waals surface area contributed by atoms with Crippen LogP contribution in [0, 0.1) is 5.82 Å². The second-order valence-corrected chi connectivity index (χ2v) is 4.36. The van der Waals surface area contributed by atoms with Crippen LogP contribution in [0.1, 0.15) is 18.4 Å². The summed E-state index contributed by atoms with van der Waals surface area (Å²) >= 11 is 0. The molecule has 0 aliphatic carbocycles. The molecule has 1 aromatic carbocycles. The highest BCUT2D eigenvalue weighted by atomic mass is 19.4. The largest absolute Gasteiger partial charge is 0.416 e. The van der Waals surface area contributed by atoms with E-state index in [0.29, 0.717) is 6.07 Å². The number of halogens is 4. The van der Waals surface area contributed by atoms with Crippen LogP contribution in [0.2, 0.25) is 0 Å². The van der Waals surface area contributed by atoms with Crippen LogP contribution >= 0.6 is 0 Å². The smallest absolute Gasteiger partial charge is 0.380 e. The molecule has 2 N–H and O–H groups in total. The van der Waals surface area contributed by atoms with Gasteiger partial charge in [0.25, 0.3) is 0 Å². The van der Waals surface area contributed by atoms with E-state index in [1.54, 1.807) is 0 Å². The Bertz CT molecular complexity index is 411. The van der Waals surface area contributed by atoms with Crippen molar-refractivity contribution < 1.29 is 17.6 Å². The van der Waals surface area contributed by atoms with Crippen LogP contribution < -0.4 is 10.6 Å². The Labute approximate surface area is 102 Å². The summed E-state index contributed by atoms with van der Waals surface area (Å²) in [5.74, 6) is -0.858. The molecule has 0 saturated carbocycles. The van der Waals surface area contributed by atoms with Gasteiger partial charge in [-0.25, -0.2) is 4.39 Å². The maximum absolute atomic E-state index is 13.6. The van der Waals surface area contributed by atoms with E-state index in [4.69, 9.17) is 0 Å². The third kappa shape index (κ3) is 3.13. The van der Waals surface area contributed by atoms with Gasteiger partial charge in [-0.1, -0.05) is 0 Å². The number of benzene rings is 1. The van der Waals surface area contributed by atoms with E-state index >= 15 is 0 Å². The first-order chi connectivity index (χ1) is 8.47. The summed E-state index contributed by atoms with van der Waals surface area (Å²) in [6.07, 6.45) is -2.84. The van der Waals surface area contributed by atoms with Crippen LogP contribution in [0.5, 0.6) is 0 Å². The van der Waals surface area contributed by atoms with Crippen LogP contribution in [0.3, 0.4) is 0 Å². The molecular weight excluding hydrogens is 248 g/mol. The van der Waals surface area contributed by atoms with E-state index in [1.807, 2.05) is 0 Å². The lowest BCUT2D eigenvalue weighted by molar-refractivity contribution is -0.137. The SMILES string of the molecule is Fc1cc(C(F)(F)F)ccc1NC1CCNCC1. The summed E-state index contributed by atoms with van der Waals surface area (Å²) < 4.78 is 50.6. The Kier molecular flexibility index (Phi) is 3.75. The molecular formula is C12H14F4N2. The molecule has 1 fully saturated rings. The highest BCUT2D eigenvalue weighted by molar-refractivity contribution is 5.47. The number of piperidine rings is 1. The fraction of sp³-hybridized carbons (Fsp3) is 0.500. The highest BCUT2D eigenvalue weighted by Gasteiger charge is 2.31. The van der Waals surface area contributed by atoms with Gasteiger partial charge in [-0.2, -0.15) is 13.2 Å². The lowest BCUT2D eigenvalue weighted by Gasteiger charge is -2.25. The number of alkyl halides is 3. The molecule has 0 atom stereocenters. The Morgan fingerprint density at radius 1 is 1.17 bits per heavy atom. The van der Waals surface area contributed by atoms with Crippen molar-refractivity contribution in [2.45, 2.75) is 25.1 Å². The van der Waals surface area contributed by atoms with E-state index in [2.05, 4.69) is 10.6 Å². The molecule has 0 bridgehead atoms. The van der Waals surface area contributed by atoms with Crippen molar-refractivity contribution in [3.63, 3.8) is 0 Å². The van der Waals surface area contributed by atoms with E-state index in [-0.39, 0.29) is 11.7 Å². The molecule has 0 radical (unpaired) electrons. The van der Waals surface area contributed by atoms with Gasteiger partial charge in [0.1, 0.15) is 5.82 Å². The molecule has 6 heteroatoms. The van der Waals surface area contributed by atoms with Crippen LogP contribution in [-0.4, -0.2) is 19.1 Å². The van der Waals surface area contributed by atoms with Gasteiger partial charge in [0.15, 0.2) is 0 Å². The summed E-state index contributed by atoms with van der Waals surface area (Å²) in [6, 6.07) is 2.69. The number of nitrogens with one attached hydrogen (secondary N) is 2. The van der Waals surface area contributed by atoms with Gasteiger partial charge in [-0.05, 0) is 44.1 Å². The van der Waals surface area contributed by atoms with Gasteiger partial charge in [0, 0.05) is 6.04 Å². The summed E-state index contributed by atoms with van der Waals surface area (Å²) in [7, 11) is 0. The van der Waals surface area contributed by atoms with Gasteiger partial charge in [0.2, 0.25) is 0 Å². The maximum Gasteiger partial charge on any atom is 0.416 e. The van der Waals surface area contributed by atoms with Crippen LogP contribution in [0.15, 0.2) is 18.2 Å². The molecule has 18 heavy (non-hydrogen) atoms. The first-order valence-corrected chi connectivity index (χ1v) is 5.81. The molecule has 1 saturated heterocycles. The zero-order chi connectivity index (χ0) is 13.2. The average Bonchev–Trinajstić information content (AvgIpc) is 2.32. The topological polar surface area (TPSA) is 24.1 Å². The highest BCUT2D eigenvalue weighted by Crippen LogP contribution is 2.31. The number of rotatable bonds is 2. The average molecular weight is 262 g/mol. The van der Waals surface area contributed by atoms with E-state index in [0.717, 1.165) is 38.1 Å². The fourth-order valence-corrected chi connectivity index (χ4v) is 1.99. The van der Waals surface area contributed by atoms with Crippen molar-refractivity contribution in [1.82, 2.24) is 5.32 Å². The zero-order valence-electron chi connectivity index (χ0n) is 9.65. The Morgan fingerprint density at radius 3 is 2.39 bits per heavy atom. The molecule has 1 aliphatic heterocycles. The third-order valence-corrected chi connectivity index (χ3v) is 3.00. The Morgan fingerprint density at radius 2 is 1.83 bits per heavy atom. The van der Waals surface area contributed by atoms with Gasteiger partial charge in [0.05, 0.1) is 11.3 Å². The van der Waals surface area contributed by atoms with Gasteiger partial charge >= 0.3 is 6.18 Å². The molecule has 0 unspecified atom stereocenters. The number of anilines is 1. The summed E-state index contributed by atoms with van der Waals surface area (Å²) in [6.45, 7) is 1.67. The third-order valence-electron chi connectivity index (χ3n) is 3.00. The zero-order valence-corrected chi connectivity index (χ0v) is 9.65. The minimum absolute atomic E-state index is 0.109. The van der Waals surface area contributed by atoms with Crippen LogP contribution in [-0.2, 0) is 6.18 Å². The number of hydrogen-bond acceptors (Lipinski definition) is 2. The predicted octanol–water partition coefficient (Wildman–Crippen LogP) is 3.01.